The van der Waals surface area contributed by atoms with Crippen LogP contribution in [-0.4, -0.2) is 31.8 Å². The molecule has 1 fully saturated rings. The van der Waals surface area contributed by atoms with Crippen LogP contribution in [0.2, 0.25) is 0 Å². The quantitative estimate of drug-likeness (QED) is 0.909. The highest BCUT2D eigenvalue weighted by molar-refractivity contribution is 5.54. The summed E-state index contributed by atoms with van der Waals surface area (Å²) in [5, 5.41) is 0. The van der Waals surface area contributed by atoms with E-state index < -0.39 is 0 Å². The summed E-state index contributed by atoms with van der Waals surface area (Å²) in [4.78, 5) is 2.29. The predicted molar refractivity (Wildman–Crippen MR) is 76.0 cm³/mol. The van der Waals surface area contributed by atoms with Crippen molar-refractivity contribution in [1.29, 1.82) is 0 Å². The van der Waals surface area contributed by atoms with Gasteiger partial charge >= 0.3 is 0 Å². The molecule has 1 saturated heterocycles. The second kappa shape index (κ2) is 6.35. The molecule has 1 aromatic rings. The molecule has 2 unspecified atom stereocenters. The van der Waals surface area contributed by atoms with Gasteiger partial charge < -0.3 is 15.4 Å². The smallest absolute Gasteiger partial charge is 0.123 e. The monoisotopic (exact) mass is 266 g/mol. The molecule has 2 atom stereocenters. The number of ether oxygens (including phenoxy) is 1. The van der Waals surface area contributed by atoms with E-state index in [9.17, 15) is 4.39 Å². The summed E-state index contributed by atoms with van der Waals surface area (Å²) in [6.07, 6.45) is 1.96. The summed E-state index contributed by atoms with van der Waals surface area (Å²) in [7, 11) is 0. The maximum absolute atomic E-state index is 13.4. The highest BCUT2D eigenvalue weighted by atomic mass is 19.1. The number of nitrogens with zero attached hydrogens (tertiary/aromatic N) is 1. The Labute approximate surface area is 114 Å². The molecular formula is C15H23FN2O. The summed E-state index contributed by atoms with van der Waals surface area (Å²) in [5.74, 6) is -0.195. The Kier molecular flexibility index (Phi) is 4.77. The number of hydrogen-bond donors (Lipinski definition) is 1. The second-order valence-corrected chi connectivity index (χ2v) is 5.30. The van der Waals surface area contributed by atoms with Crippen LogP contribution in [0.5, 0.6) is 0 Å². The standard InChI is InChI=1S/C15H23FN2O/c1-3-14-10-18(6-7-19-14)15-5-4-13(16)9-12(15)8-11(2)17/h4-5,9,11,14H,3,6-8,10,17H2,1-2H3. The lowest BCUT2D eigenvalue weighted by Gasteiger charge is -2.35. The van der Waals surface area contributed by atoms with Gasteiger partial charge in [-0.3, -0.25) is 0 Å². The van der Waals surface area contributed by atoms with Crippen molar-refractivity contribution in [3.8, 4) is 0 Å². The molecule has 0 spiro atoms. The van der Waals surface area contributed by atoms with Crippen molar-refractivity contribution in [2.45, 2.75) is 38.8 Å². The van der Waals surface area contributed by atoms with Crippen LogP contribution in [0.4, 0.5) is 10.1 Å². The summed E-state index contributed by atoms with van der Waals surface area (Å²) in [6, 6.07) is 5.03. The number of hydrogen-bond acceptors (Lipinski definition) is 3. The van der Waals surface area contributed by atoms with Crippen molar-refractivity contribution in [2.75, 3.05) is 24.6 Å². The maximum Gasteiger partial charge on any atom is 0.123 e. The Morgan fingerprint density at radius 3 is 3.00 bits per heavy atom. The van der Waals surface area contributed by atoms with Gasteiger partial charge in [-0.05, 0) is 43.5 Å². The molecule has 0 radical (unpaired) electrons. The van der Waals surface area contributed by atoms with Crippen molar-refractivity contribution in [2.24, 2.45) is 5.73 Å². The molecule has 106 valence electrons. The van der Waals surface area contributed by atoms with Crippen molar-refractivity contribution in [3.63, 3.8) is 0 Å². The van der Waals surface area contributed by atoms with Crippen molar-refractivity contribution >= 4 is 5.69 Å². The lowest BCUT2D eigenvalue weighted by Crippen LogP contribution is -2.42. The van der Waals surface area contributed by atoms with E-state index in [1.807, 2.05) is 13.0 Å². The highest BCUT2D eigenvalue weighted by Crippen LogP contribution is 2.25. The summed E-state index contributed by atoms with van der Waals surface area (Å²) >= 11 is 0. The van der Waals surface area contributed by atoms with Gasteiger partial charge in [-0.25, -0.2) is 4.39 Å². The molecule has 1 aliphatic heterocycles. The van der Waals surface area contributed by atoms with Crippen LogP contribution in [0.1, 0.15) is 25.8 Å². The number of benzene rings is 1. The van der Waals surface area contributed by atoms with Gasteiger partial charge in [0.05, 0.1) is 12.7 Å². The van der Waals surface area contributed by atoms with E-state index in [1.165, 1.54) is 6.07 Å². The average molecular weight is 266 g/mol. The van der Waals surface area contributed by atoms with E-state index in [0.29, 0.717) is 6.42 Å². The summed E-state index contributed by atoms with van der Waals surface area (Å²) in [5.41, 5.74) is 7.95. The molecule has 1 heterocycles. The van der Waals surface area contributed by atoms with E-state index in [0.717, 1.165) is 37.4 Å². The Balaban J connectivity index is 2.22. The Morgan fingerprint density at radius 1 is 1.53 bits per heavy atom. The van der Waals surface area contributed by atoms with E-state index in [4.69, 9.17) is 10.5 Å². The largest absolute Gasteiger partial charge is 0.375 e. The molecule has 0 bridgehead atoms. The SMILES string of the molecule is CCC1CN(c2ccc(F)cc2CC(C)N)CCO1. The number of nitrogens with two attached hydrogens (primary N) is 1. The zero-order chi connectivity index (χ0) is 13.8. The highest BCUT2D eigenvalue weighted by Gasteiger charge is 2.21. The molecular weight excluding hydrogens is 243 g/mol. The minimum absolute atomic E-state index is 0.0311. The number of rotatable bonds is 4. The van der Waals surface area contributed by atoms with Crippen molar-refractivity contribution < 1.29 is 9.13 Å². The molecule has 2 N–H and O–H groups in total. The molecule has 0 amide bonds. The molecule has 2 rings (SSSR count). The van der Waals surface area contributed by atoms with Crippen LogP contribution < -0.4 is 10.6 Å². The molecule has 1 aromatic carbocycles. The number of anilines is 1. The van der Waals surface area contributed by atoms with E-state index >= 15 is 0 Å². The minimum Gasteiger partial charge on any atom is -0.375 e. The average Bonchev–Trinajstić information content (AvgIpc) is 2.38. The summed E-state index contributed by atoms with van der Waals surface area (Å²) in [6.45, 7) is 6.53. The fourth-order valence-corrected chi connectivity index (χ4v) is 2.56. The maximum atomic E-state index is 13.4. The zero-order valence-corrected chi connectivity index (χ0v) is 11.7. The molecule has 0 aliphatic carbocycles. The number of morpholine rings is 1. The second-order valence-electron chi connectivity index (χ2n) is 5.30. The van der Waals surface area contributed by atoms with Crippen LogP contribution in [0, 0.1) is 5.82 Å². The van der Waals surface area contributed by atoms with Crippen LogP contribution in [0.15, 0.2) is 18.2 Å². The Bertz CT molecular complexity index is 423. The molecule has 4 heteroatoms. The topological polar surface area (TPSA) is 38.5 Å². The van der Waals surface area contributed by atoms with Crippen LogP contribution in [0.25, 0.3) is 0 Å². The number of halogens is 1. The van der Waals surface area contributed by atoms with Gasteiger partial charge in [0.25, 0.3) is 0 Å². The first-order chi connectivity index (χ1) is 9.10. The molecule has 0 saturated carbocycles. The first-order valence-corrected chi connectivity index (χ1v) is 7.00. The van der Waals surface area contributed by atoms with E-state index in [-0.39, 0.29) is 18.0 Å². The third-order valence-electron chi connectivity index (χ3n) is 3.52. The van der Waals surface area contributed by atoms with Gasteiger partial charge in [-0.1, -0.05) is 6.92 Å². The molecule has 1 aliphatic rings. The lowest BCUT2D eigenvalue weighted by atomic mass is 10.0. The first kappa shape index (κ1) is 14.3. The predicted octanol–water partition coefficient (Wildman–Crippen LogP) is 2.33. The fraction of sp³-hybridized carbons (Fsp3) is 0.600. The van der Waals surface area contributed by atoms with Crippen LogP contribution >= 0.6 is 0 Å². The third kappa shape index (κ3) is 3.67. The lowest BCUT2D eigenvalue weighted by molar-refractivity contribution is 0.0384. The minimum atomic E-state index is -0.195. The Morgan fingerprint density at radius 2 is 2.32 bits per heavy atom. The zero-order valence-electron chi connectivity index (χ0n) is 11.7. The van der Waals surface area contributed by atoms with Gasteiger partial charge in [0.15, 0.2) is 0 Å². The van der Waals surface area contributed by atoms with E-state index in [1.54, 1.807) is 6.07 Å². The van der Waals surface area contributed by atoms with Gasteiger partial charge in [0.1, 0.15) is 5.82 Å². The molecule has 3 nitrogen and oxygen atoms in total. The van der Waals surface area contributed by atoms with Gasteiger partial charge in [-0.2, -0.15) is 0 Å². The van der Waals surface area contributed by atoms with E-state index in [2.05, 4.69) is 11.8 Å². The summed E-state index contributed by atoms with van der Waals surface area (Å²) < 4.78 is 19.1. The van der Waals surface area contributed by atoms with Gasteiger partial charge in [-0.15, -0.1) is 0 Å². The van der Waals surface area contributed by atoms with Crippen molar-refractivity contribution in [1.82, 2.24) is 0 Å². The molecule has 19 heavy (non-hydrogen) atoms. The molecule has 0 aromatic heterocycles. The Hall–Kier alpha value is -1.13. The fourth-order valence-electron chi connectivity index (χ4n) is 2.56. The van der Waals surface area contributed by atoms with Gasteiger partial charge in [0, 0.05) is 24.8 Å². The van der Waals surface area contributed by atoms with Crippen LogP contribution in [0.3, 0.4) is 0 Å². The third-order valence-corrected chi connectivity index (χ3v) is 3.52. The van der Waals surface area contributed by atoms with Crippen LogP contribution in [-0.2, 0) is 11.2 Å². The first-order valence-electron chi connectivity index (χ1n) is 7.00. The normalized spacial score (nSPS) is 21.5. The van der Waals surface area contributed by atoms with Gasteiger partial charge in [0.2, 0.25) is 0 Å². The van der Waals surface area contributed by atoms with Crippen molar-refractivity contribution in [3.05, 3.63) is 29.6 Å².